The van der Waals surface area contributed by atoms with Gasteiger partial charge in [-0.3, -0.25) is 0 Å². The summed E-state index contributed by atoms with van der Waals surface area (Å²) in [7, 11) is 0. The molecule has 1 nitrogen and oxygen atoms in total. The minimum atomic E-state index is 0.273. The molecule has 1 rings (SSSR count). The Hall–Kier alpha value is -0.630. The fourth-order valence-corrected chi connectivity index (χ4v) is 1.85. The maximum absolute atomic E-state index is 10.9. The highest BCUT2D eigenvalue weighted by Crippen LogP contribution is 2.15. The van der Waals surface area contributed by atoms with Crippen molar-refractivity contribution < 1.29 is 4.79 Å². The molecule has 1 aromatic rings. The van der Waals surface area contributed by atoms with Crippen LogP contribution in [0.25, 0.3) is 0 Å². The summed E-state index contributed by atoms with van der Waals surface area (Å²) in [6.45, 7) is 3.77. The van der Waals surface area contributed by atoms with Crippen LogP contribution in [0.4, 0.5) is 0 Å². The predicted molar refractivity (Wildman–Crippen MR) is 62.3 cm³/mol. The van der Waals surface area contributed by atoms with Gasteiger partial charge in [-0.2, -0.15) is 0 Å². The van der Waals surface area contributed by atoms with Crippen molar-refractivity contribution in [3.63, 3.8) is 0 Å². The van der Waals surface area contributed by atoms with Gasteiger partial charge in [-0.1, -0.05) is 35.0 Å². The van der Waals surface area contributed by atoms with Crippen LogP contribution in [0.2, 0.25) is 0 Å². The Morgan fingerprint density at radius 3 is 2.43 bits per heavy atom. The van der Waals surface area contributed by atoms with Crippen LogP contribution in [0.5, 0.6) is 0 Å². The number of benzene rings is 1. The van der Waals surface area contributed by atoms with Crippen LogP contribution >= 0.6 is 15.9 Å². The molecule has 76 valence electrons. The molecule has 0 aromatic heterocycles. The van der Waals surface area contributed by atoms with Crippen molar-refractivity contribution in [3.8, 4) is 0 Å². The van der Waals surface area contributed by atoms with E-state index in [2.05, 4.69) is 35.0 Å². The molecule has 0 fully saturated rings. The van der Waals surface area contributed by atoms with Crippen molar-refractivity contribution >= 4 is 21.7 Å². The van der Waals surface area contributed by atoms with E-state index in [1.807, 2.05) is 12.1 Å². The summed E-state index contributed by atoms with van der Waals surface area (Å²) < 4.78 is 1.10. The molecule has 0 spiro atoms. The van der Waals surface area contributed by atoms with Crippen molar-refractivity contribution in [2.45, 2.75) is 26.7 Å². The fourth-order valence-electron chi connectivity index (χ4n) is 1.59. The number of ketones is 1. The molecule has 0 amide bonds. The van der Waals surface area contributed by atoms with Gasteiger partial charge in [0.25, 0.3) is 0 Å². The summed E-state index contributed by atoms with van der Waals surface area (Å²) in [5, 5.41) is 0. The molecule has 1 aromatic carbocycles. The average molecular weight is 255 g/mol. The third kappa shape index (κ3) is 4.05. The van der Waals surface area contributed by atoms with Gasteiger partial charge in [0, 0.05) is 10.9 Å². The Bertz CT molecular complexity index is 303. The number of hydrogen-bond acceptors (Lipinski definition) is 1. The molecule has 2 heteroatoms. The molecular weight excluding hydrogens is 240 g/mol. The zero-order valence-corrected chi connectivity index (χ0v) is 10.2. The van der Waals surface area contributed by atoms with E-state index in [0.29, 0.717) is 12.3 Å². The van der Waals surface area contributed by atoms with Crippen LogP contribution in [-0.2, 0) is 11.2 Å². The number of halogens is 1. The van der Waals surface area contributed by atoms with Crippen LogP contribution in [-0.4, -0.2) is 5.78 Å². The number of rotatable bonds is 4. The van der Waals surface area contributed by atoms with E-state index in [1.165, 1.54) is 5.56 Å². The summed E-state index contributed by atoms with van der Waals surface area (Å²) in [5.74, 6) is 0.711. The van der Waals surface area contributed by atoms with E-state index >= 15 is 0 Å². The first-order chi connectivity index (χ1) is 6.58. The van der Waals surface area contributed by atoms with Crippen molar-refractivity contribution in [3.05, 3.63) is 34.3 Å². The van der Waals surface area contributed by atoms with E-state index < -0.39 is 0 Å². The average Bonchev–Trinajstić information content (AvgIpc) is 2.07. The number of carbonyl (C=O) groups is 1. The molecule has 1 unspecified atom stereocenters. The second-order valence-corrected chi connectivity index (χ2v) is 4.76. The monoisotopic (exact) mass is 254 g/mol. The Labute approximate surface area is 93.7 Å². The van der Waals surface area contributed by atoms with Gasteiger partial charge in [0.05, 0.1) is 0 Å². The number of hydrogen-bond donors (Lipinski definition) is 0. The van der Waals surface area contributed by atoms with Crippen molar-refractivity contribution in [2.24, 2.45) is 5.92 Å². The van der Waals surface area contributed by atoms with E-state index in [-0.39, 0.29) is 5.78 Å². The van der Waals surface area contributed by atoms with Crippen LogP contribution in [0, 0.1) is 5.92 Å². The zero-order chi connectivity index (χ0) is 10.6. The first-order valence-electron chi connectivity index (χ1n) is 4.82. The summed E-state index contributed by atoms with van der Waals surface area (Å²) in [6, 6.07) is 8.27. The van der Waals surface area contributed by atoms with Gasteiger partial charge in [0.1, 0.15) is 5.78 Å². The summed E-state index contributed by atoms with van der Waals surface area (Å²) >= 11 is 3.40. The van der Waals surface area contributed by atoms with Crippen molar-refractivity contribution in [1.29, 1.82) is 0 Å². The third-order valence-electron chi connectivity index (χ3n) is 2.13. The second kappa shape index (κ2) is 5.30. The van der Waals surface area contributed by atoms with Crippen LogP contribution in [0.15, 0.2) is 28.7 Å². The predicted octanol–water partition coefficient (Wildman–Crippen LogP) is 3.61. The normalized spacial score (nSPS) is 12.5. The molecule has 0 radical (unpaired) electrons. The number of carbonyl (C=O) groups excluding carboxylic acids is 1. The molecule has 0 aliphatic rings. The summed E-state index contributed by atoms with van der Waals surface area (Å²) in [5.41, 5.74) is 1.29. The SMILES string of the molecule is CC(=O)CC(C)Cc1ccc(Br)cc1. The van der Waals surface area contributed by atoms with Gasteiger partial charge < -0.3 is 4.79 Å². The van der Waals surface area contributed by atoms with E-state index in [4.69, 9.17) is 0 Å². The Morgan fingerprint density at radius 1 is 1.36 bits per heavy atom. The zero-order valence-electron chi connectivity index (χ0n) is 8.59. The van der Waals surface area contributed by atoms with E-state index in [1.54, 1.807) is 6.92 Å². The van der Waals surface area contributed by atoms with Gasteiger partial charge in [-0.15, -0.1) is 0 Å². The molecule has 14 heavy (non-hydrogen) atoms. The highest BCUT2D eigenvalue weighted by atomic mass is 79.9. The van der Waals surface area contributed by atoms with Crippen LogP contribution in [0.1, 0.15) is 25.8 Å². The topological polar surface area (TPSA) is 17.1 Å². The minimum Gasteiger partial charge on any atom is -0.300 e. The Balaban J connectivity index is 2.51. The smallest absolute Gasteiger partial charge is 0.130 e. The molecule has 0 bridgehead atoms. The molecule has 1 atom stereocenters. The highest BCUT2D eigenvalue weighted by Gasteiger charge is 2.06. The molecule has 0 N–H and O–H groups in total. The minimum absolute atomic E-state index is 0.273. The van der Waals surface area contributed by atoms with E-state index in [0.717, 1.165) is 10.9 Å². The van der Waals surface area contributed by atoms with Crippen molar-refractivity contribution in [1.82, 2.24) is 0 Å². The lowest BCUT2D eigenvalue weighted by Crippen LogP contribution is -2.04. The lowest BCUT2D eigenvalue weighted by molar-refractivity contribution is -0.117. The summed E-state index contributed by atoms with van der Waals surface area (Å²) in [6.07, 6.45) is 1.66. The van der Waals surface area contributed by atoms with Crippen LogP contribution < -0.4 is 0 Å². The Morgan fingerprint density at radius 2 is 1.93 bits per heavy atom. The highest BCUT2D eigenvalue weighted by molar-refractivity contribution is 9.10. The largest absolute Gasteiger partial charge is 0.300 e. The maximum atomic E-state index is 10.9. The lowest BCUT2D eigenvalue weighted by Gasteiger charge is -2.08. The Kier molecular flexibility index (Phi) is 4.33. The second-order valence-electron chi connectivity index (χ2n) is 3.84. The molecule has 0 aliphatic carbocycles. The molecule has 0 heterocycles. The lowest BCUT2D eigenvalue weighted by atomic mass is 9.97. The summed E-state index contributed by atoms with van der Waals surface area (Å²) in [4.78, 5) is 10.9. The van der Waals surface area contributed by atoms with Gasteiger partial charge in [-0.05, 0) is 37.0 Å². The molecule has 0 aliphatic heterocycles. The third-order valence-corrected chi connectivity index (χ3v) is 2.66. The van der Waals surface area contributed by atoms with Crippen LogP contribution in [0.3, 0.4) is 0 Å². The molecular formula is C12H15BrO. The molecule has 0 saturated heterocycles. The number of Topliss-reactive ketones (excluding diaryl/α,β-unsaturated/α-hetero) is 1. The van der Waals surface area contributed by atoms with Gasteiger partial charge >= 0.3 is 0 Å². The first kappa shape index (κ1) is 11.4. The quantitative estimate of drug-likeness (QED) is 0.803. The van der Waals surface area contributed by atoms with Crippen molar-refractivity contribution in [2.75, 3.05) is 0 Å². The first-order valence-corrected chi connectivity index (χ1v) is 5.61. The fraction of sp³-hybridized carbons (Fsp3) is 0.417. The van der Waals surface area contributed by atoms with Gasteiger partial charge in [0.2, 0.25) is 0 Å². The maximum Gasteiger partial charge on any atom is 0.130 e. The van der Waals surface area contributed by atoms with Gasteiger partial charge in [0.15, 0.2) is 0 Å². The standard InChI is InChI=1S/C12H15BrO/c1-9(7-10(2)14)8-11-3-5-12(13)6-4-11/h3-6,9H,7-8H2,1-2H3. The molecule has 0 saturated carbocycles. The van der Waals surface area contributed by atoms with Gasteiger partial charge in [-0.25, -0.2) is 0 Å². The van der Waals surface area contributed by atoms with E-state index in [9.17, 15) is 4.79 Å².